The highest BCUT2D eigenvalue weighted by atomic mass is 15.2. The molecule has 1 saturated heterocycles. The first-order chi connectivity index (χ1) is 8.51. The fourth-order valence-electron chi connectivity index (χ4n) is 3.90. The van der Waals surface area contributed by atoms with E-state index in [0.29, 0.717) is 6.04 Å². The van der Waals surface area contributed by atoms with Gasteiger partial charge in [-0.2, -0.15) is 0 Å². The van der Waals surface area contributed by atoms with Crippen molar-refractivity contribution in [3.63, 3.8) is 0 Å². The molecular weight excluding hydrogens is 220 g/mol. The molecule has 1 rings (SSSR count). The van der Waals surface area contributed by atoms with Crippen LogP contribution in [0, 0.1) is 23.7 Å². The lowest BCUT2D eigenvalue weighted by molar-refractivity contribution is 0.0603. The van der Waals surface area contributed by atoms with E-state index in [2.05, 4.69) is 39.5 Å². The highest BCUT2D eigenvalue weighted by molar-refractivity contribution is 4.86. The Bertz CT molecular complexity index is 209. The zero-order valence-corrected chi connectivity index (χ0v) is 13.2. The van der Waals surface area contributed by atoms with Crippen molar-refractivity contribution in [3.8, 4) is 0 Å². The molecule has 0 aliphatic carbocycles. The van der Waals surface area contributed by atoms with Crippen LogP contribution in [0.2, 0.25) is 0 Å². The summed E-state index contributed by atoms with van der Waals surface area (Å²) in [4.78, 5) is 2.68. The van der Waals surface area contributed by atoms with E-state index in [9.17, 15) is 0 Å². The standard InChI is InChI=1S/C16H34N2/c1-6-14-7-9-18(10-8-14)15(11-17)16(12(2)3)13(4)5/h12-16H,6-11,17H2,1-5H3. The summed E-state index contributed by atoms with van der Waals surface area (Å²) in [5.74, 6) is 3.13. The van der Waals surface area contributed by atoms with Gasteiger partial charge in [-0.05, 0) is 49.6 Å². The van der Waals surface area contributed by atoms with Crippen molar-refractivity contribution in [2.45, 2.75) is 59.9 Å². The van der Waals surface area contributed by atoms with Crippen LogP contribution >= 0.6 is 0 Å². The van der Waals surface area contributed by atoms with E-state index in [4.69, 9.17) is 5.73 Å². The van der Waals surface area contributed by atoms with Crippen molar-refractivity contribution >= 4 is 0 Å². The van der Waals surface area contributed by atoms with E-state index in [1.54, 1.807) is 0 Å². The first-order valence-corrected chi connectivity index (χ1v) is 7.95. The predicted molar refractivity (Wildman–Crippen MR) is 80.6 cm³/mol. The van der Waals surface area contributed by atoms with Crippen LogP contribution in [-0.2, 0) is 0 Å². The molecule has 1 aliphatic heterocycles. The second-order valence-electron chi connectivity index (χ2n) is 6.76. The Morgan fingerprint density at radius 2 is 1.56 bits per heavy atom. The zero-order chi connectivity index (χ0) is 13.7. The maximum Gasteiger partial charge on any atom is 0.0251 e. The summed E-state index contributed by atoms with van der Waals surface area (Å²) in [5.41, 5.74) is 6.11. The van der Waals surface area contributed by atoms with E-state index in [1.165, 1.54) is 32.4 Å². The third kappa shape index (κ3) is 3.96. The van der Waals surface area contributed by atoms with E-state index in [0.717, 1.165) is 30.2 Å². The summed E-state index contributed by atoms with van der Waals surface area (Å²) in [5, 5.41) is 0. The molecular formula is C16H34N2. The minimum atomic E-state index is 0.586. The molecule has 1 aliphatic rings. The molecule has 1 unspecified atom stereocenters. The molecule has 0 saturated carbocycles. The molecule has 0 bridgehead atoms. The number of nitrogens with two attached hydrogens (primary N) is 1. The highest BCUT2D eigenvalue weighted by Crippen LogP contribution is 2.30. The summed E-state index contributed by atoms with van der Waals surface area (Å²) in [7, 11) is 0. The Labute approximate surface area is 114 Å². The van der Waals surface area contributed by atoms with Gasteiger partial charge in [-0.3, -0.25) is 4.90 Å². The number of hydrogen-bond acceptors (Lipinski definition) is 2. The summed E-state index contributed by atoms with van der Waals surface area (Å²) in [6.45, 7) is 15.1. The molecule has 0 amide bonds. The van der Waals surface area contributed by atoms with Gasteiger partial charge in [0.25, 0.3) is 0 Å². The van der Waals surface area contributed by atoms with Crippen molar-refractivity contribution in [2.24, 2.45) is 29.4 Å². The van der Waals surface area contributed by atoms with Gasteiger partial charge < -0.3 is 5.73 Å². The van der Waals surface area contributed by atoms with E-state index in [1.807, 2.05) is 0 Å². The largest absolute Gasteiger partial charge is 0.329 e. The maximum absolute atomic E-state index is 6.11. The van der Waals surface area contributed by atoms with Crippen molar-refractivity contribution < 1.29 is 0 Å². The monoisotopic (exact) mass is 254 g/mol. The topological polar surface area (TPSA) is 29.3 Å². The molecule has 108 valence electrons. The Kier molecular flexibility index (Phi) is 6.65. The molecule has 2 nitrogen and oxygen atoms in total. The number of rotatable bonds is 6. The molecule has 0 aromatic heterocycles. The molecule has 1 atom stereocenters. The van der Waals surface area contributed by atoms with Gasteiger partial charge in [0.1, 0.15) is 0 Å². The van der Waals surface area contributed by atoms with Crippen LogP contribution in [0.5, 0.6) is 0 Å². The van der Waals surface area contributed by atoms with Crippen LogP contribution in [0.1, 0.15) is 53.9 Å². The minimum Gasteiger partial charge on any atom is -0.329 e. The van der Waals surface area contributed by atoms with Gasteiger partial charge in [0.15, 0.2) is 0 Å². The fourth-order valence-corrected chi connectivity index (χ4v) is 3.90. The third-order valence-electron chi connectivity index (χ3n) is 4.92. The minimum absolute atomic E-state index is 0.586. The van der Waals surface area contributed by atoms with Gasteiger partial charge in [-0.15, -0.1) is 0 Å². The van der Waals surface area contributed by atoms with Gasteiger partial charge in [0, 0.05) is 12.6 Å². The summed E-state index contributed by atoms with van der Waals surface area (Å²) >= 11 is 0. The summed E-state index contributed by atoms with van der Waals surface area (Å²) in [6.07, 6.45) is 4.09. The van der Waals surface area contributed by atoms with Gasteiger partial charge in [0.2, 0.25) is 0 Å². The van der Waals surface area contributed by atoms with Gasteiger partial charge in [0.05, 0.1) is 0 Å². The van der Waals surface area contributed by atoms with Crippen molar-refractivity contribution in [1.82, 2.24) is 4.90 Å². The predicted octanol–water partition coefficient (Wildman–Crippen LogP) is 3.36. The van der Waals surface area contributed by atoms with Gasteiger partial charge >= 0.3 is 0 Å². The Hall–Kier alpha value is -0.0800. The van der Waals surface area contributed by atoms with E-state index >= 15 is 0 Å². The second-order valence-corrected chi connectivity index (χ2v) is 6.76. The molecule has 0 spiro atoms. The number of likely N-dealkylation sites (tertiary alicyclic amines) is 1. The molecule has 18 heavy (non-hydrogen) atoms. The first kappa shape index (κ1) is 16.0. The van der Waals surface area contributed by atoms with E-state index in [-0.39, 0.29) is 0 Å². The second kappa shape index (κ2) is 7.49. The lowest BCUT2D eigenvalue weighted by Gasteiger charge is -2.43. The fraction of sp³-hybridized carbons (Fsp3) is 1.00. The molecule has 0 radical (unpaired) electrons. The number of nitrogens with zero attached hydrogens (tertiary/aromatic N) is 1. The lowest BCUT2D eigenvalue weighted by atomic mass is 9.78. The quantitative estimate of drug-likeness (QED) is 0.787. The molecule has 0 aromatic carbocycles. The van der Waals surface area contributed by atoms with Crippen molar-refractivity contribution in [2.75, 3.05) is 19.6 Å². The molecule has 1 heterocycles. The van der Waals surface area contributed by atoms with Crippen molar-refractivity contribution in [3.05, 3.63) is 0 Å². The van der Waals surface area contributed by atoms with Crippen LogP contribution in [-0.4, -0.2) is 30.6 Å². The highest BCUT2D eigenvalue weighted by Gasteiger charge is 2.32. The number of hydrogen-bond donors (Lipinski definition) is 1. The Morgan fingerprint density at radius 1 is 1.06 bits per heavy atom. The molecule has 2 N–H and O–H groups in total. The van der Waals surface area contributed by atoms with Crippen LogP contribution in [0.25, 0.3) is 0 Å². The van der Waals surface area contributed by atoms with Crippen LogP contribution in [0.4, 0.5) is 0 Å². The smallest absolute Gasteiger partial charge is 0.0251 e. The van der Waals surface area contributed by atoms with Gasteiger partial charge in [-0.25, -0.2) is 0 Å². The van der Waals surface area contributed by atoms with Crippen LogP contribution in [0.15, 0.2) is 0 Å². The lowest BCUT2D eigenvalue weighted by Crippen LogP contribution is -2.51. The average molecular weight is 254 g/mol. The van der Waals surface area contributed by atoms with Crippen molar-refractivity contribution in [1.29, 1.82) is 0 Å². The number of piperidine rings is 1. The SMILES string of the molecule is CCC1CCN(C(CN)C(C(C)C)C(C)C)CC1. The Morgan fingerprint density at radius 3 is 1.89 bits per heavy atom. The Balaban J connectivity index is 2.65. The normalized spacial score (nSPS) is 21.2. The van der Waals surface area contributed by atoms with Crippen LogP contribution < -0.4 is 5.73 Å². The maximum atomic E-state index is 6.11. The molecule has 1 fully saturated rings. The molecule has 0 aromatic rings. The zero-order valence-electron chi connectivity index (χ0n) is 13.2. The molecule has 2 heteroatoms. The third-order valence-corrected chi connectivity index (χ3v) is 4.92. The summed E-state index contributed by atoms with van der Waals surface area (Å²) < 4.78 is 0. The summed E-state index contributed by atoms with van der Waals surface area (Å²) in [6, 6.07) is 0.586. The van der Waals surface area contributed by atoms with E-state index < -0.39 is 0 Å². The first-order valence-electron chi connectivity index (χ1n) is 7.95. The van der Waals surface area contributed by atoms with Crippen LogP contribution in [0.3, 0.4) is 0 Å². The average Bonchev–Trinajstić information content (AvgIpc) is 2.35. The van der Waals surface area contributed by atoms with Gasteiger partial charge in [-0.1, -0.05) is 41.0 Å².